The second-order valence-corrected chi connectivity index (χ2v) is 8.13. The van der Waals surface area contributed by atoms with Crippen LogP contribution in [0.1, 0.15) is 5.56 Å². The maximum absolute atomic E-state index is 12.8. The summed E-state index contributed by atoms with van der Waals surface area (Å²) in [5.41, 5.74) is 1.60. The Morgan fingerprint density at radius 1 is 1.11 bits per heavy atom. The Hall–Kier alpha value is -2.36. The number of ether oxygens (including phenoxy) is 2. The molecule has 0 fully saturated rings. The summed E-state index contributed by atoms with van der Waals surface area (Å²) in [6.07, 6.45) is 3.47. The summed E-state index contributed by atoms with van der Waals surface area (Å²) in [4.78, 5) is 0.0664. The van der Waals surface area contributed by atoms with Gasteiger partial charge in [0.15, 0.2) is 11.5 Å². The zero-order valence-corrected chi connectivity index (χ0v) is 17.1. The lowest BCUT2D eigenvalue weighted by molar-refractivity contribution is 0.353. The maximum Gasteiger partial charge on any atom is 0.242 e. The lowest BCUT2D eigenvalue weighted by atomic mass is 10.2. The quantitative estimate of drug-likeness (QED) is 0.596. The lowest BCUT2D eigenvalue weighted by Crippen LogP contribution is -2.24. The summed E-state index contributed by atoms with van der Waals surface area (Å²) < 4.78 is 40.8. The molecule has 27 heavy (non-hydrogen) atoms. The summed E-state index contributed by atoms with van der Waals surface area (Å²) in [6.45, 7) is 0.110. The molecular weight excluding hydrogens is 434 g/mol. The smallest absolute Gasteiger partial charge is 0.242 e. The van der Waals surface area contributed by atoms with Crippen molar-refractivity contribution in [1.29, 1.82) is 0 Å². The number of methoxy groups -OCH3 is 2. The Morgan fingerprint density at radius 3 is 2.48 bits per heavy atom. The van der Waals surface area contributed by atoms with Crippen molar-refractivity contribution >= 4 is 26.0 Å². The molecule has 0 aliphatic carbocycles. The van der Waals surface area contributed by atoms with Crippen molar-refractivity contribution in [2.45, 2.75) is 11.4 Å². The van der Waals surface area contributed by atoms with Gasteiger partial charge in [-0.1, -0.05) is 18.2 Å². The molecule has 0 saturated heterocycles. The number of aromatic nitrogens is 2. The van der Waals surface area contributed by atoms with Crippen LogP contribution in [-0.2, 0) is 16.6 Å². The summed E-state index contributed by atoms with van der Waals surface area (Å²) in [5.74, 6) is 0.769. The molecule has 0 atom stereocenters. The van der Waals surface area contributed by atoms with Crippen LogP contribution in [0.3, 0.4) is 0 Å². The molecule has 1 N–H and O–H groups in total. The average Bonchev–Trinajstić information content (AvgIpc) is 3.20. The molecule has 2 aromatic carbocycles. The monoisotopic (exact) mass is 451 g/mol. The molecule has 0 spiro atoms. The van der Waals surface area contributed by atoms with Crippen molar-refractivity contribution in [3.8, 4) is 17.2 Å². The zero-order chi connectivity index (χ0) is 19.4. The van der Waals surface area contributed by atoms with Gasteiger partial charge in [-0.25, -0.2) is 17.8 Å². The molecule has 1 aromatic heterocycles. The van der Waals surface area contributed by atoms with Gasteiger partial charge in [-0.15, -0.1) is 0 Å². The Bertz CT molecular complexity index is 1040. The van der Waals surface area contributed by atoms with Gasteiger partial charge < -0.3 is 9.47 Å². The van der Waals surface area contributed by atoms with Crippen molar-refractivity contribution in [2.75, 3.05) is 14.2 Å². The lowest BCUT2D eigenvalue weighted by Gasteiger charge is -2.14. The van der Waals surface area contributed by atoms with Crippen molar-refractivity contribution in [3.63, 3.8) is 0 Å². The van der Waals surface area contributed by atoms with Gasteiger partial charge >= 0.3 is 0 Å². The number of para-hydroxylation sites is 1. The van der Waals surface area contributed by atoms with Gasteiger partial charge in [0.1, 0.15) is 4.90 Å². The van der Waals surface area contributed by atoms with Gasteiger partial charge in [-0.2, -0.15) is 5.10 Å². The van der Waals surface area contributed by atoms with Crippen LogP contribution >= 0.6 is 15.9 Å². The van der Waals surface area contributed by atoms with E-state index in [0.717, 1.165) is 11.3 Å². The molecule has 3 aromatic rings. The minimum atomic E-state index is -3.79. The van der Waals surface area contributed by atoms with Crippen molar-refractivity contribution in [1.82, 2.24) is 14.5 Å². The maximum atomic E-state index is 12.8. The number of hydrogen-bond acceptors (Lipinski definition) is 5. The molecule has 0 unspecified atom stereocenters. The van der Waals surface area contributed by atoms with Crippen LogP contribution in [0.4, 0.5) is 0 Å². The van der Waals surface area contributed by atoms with E-state index in [1.54, 1.807) is 23.1 Å². The number of benzene rings is 2. The molecule has 3 rings (SSSR count). The third-order valence-corrected chi connectivity index (χ3v) is 6.28. The van der Waals surface area contributed by atoms with Crippen LogP contribution in [0.25, 0.3) is 5.69 Å². The highest BCUT2D eigenvalue weighted by Crippen LogP contribution is 2.35. The van der Waals surface area contributed by atoms with Crippen molar-refractivity contribution < 1.29 is 17.9 Å². The fraction of sp³-hybridized carbons (Fsp3) is 0.167. The van der Waals surface area contributed by atoms with Gasteiger partial charge in [0, 0.05) is 29.5 Å². The van der Waals surface area contributed by atoms with Crippen molar-refractivity contribution in [3.05, 3.63) is 64.9 Å². The second kappa shape index (κ2) is 8.12. The SMILES string of the molecule is COc1cc(Br)c(S(=O)(=O)NCc2ccccc2-n2cccn2)cc1OC. The first kappa shape index (κ1) is 19.4. The molecule has 0 amide bonds. The fourth-order valence-corrected chi connectivity index (χ4v) is 4.63. The van der Waals surface area contributed by atoms with Crippen LogP contribution in [0, 0.1) is 0 Å². The van der Waals surface area contributed by atoms with E-state index in [-0.39, 0.29) is 11.4 Å². The Kier molecular flexibility index (Phi) is 5.83. The number of hydrogen-bond donors (Lipinski definition) is 1. The number of sulfonamides is 1. The van der Waals surface area contributed by atoms with E-state index in [4.69, 9.17) is 9.47 Å². The van der Waals surface area contributed by atoms with Crippen LogP contribution in [0.5, 0.6) is 11.5 Å². The normalized spacial score (nSPS) is 11.4. The Balaban J connectivity index is 1.89. The summed E-state index contributed by atoms with van der Waals surface area (Å²) in [5, 5.41) is 4.21. The molecule has 0 saturated carbocycles. The van der Waals surface area contributed by atoms with E-state index in [0.29, 0.717) is 16.0 Å². The number of rotatable bonds is 7. The van der Waals surface area contributed by atoms with Crippen LogP contribution < -0.4 is 14.2 Å². The number of halogens is 1. The summed E-state index contributed by atoms with van der Waals surface area (Å²) in [6, 6.07) is 12.2. The molecule has 0 bridgehead atoms. The van der Waals surface area contributed by atoms with Crippen LogP contribution in [0.15, 0.2) is 64.2 Å². The molecular formula is C18H18BrN3O4S. The number of nitrogens with one attached hydrogen (secondary N) is 1. The van der Waals surface area contributed by atoms with Crippen molar-refractivity contribution in [2.24, 2.45) is 0 Å². The topological polar surface area (TPSA) is 82.5 Å². The molecule has 1 heterocycles. The third-order valence-electron chi connectivity index (χ3n) is 3.92. The Labute approximate surface area is 166 Å². The van der Waals surface area contributed by atoms with Gasteiger partial charge in [0.05, 0.1) is 19.9 Å². The molecule has 142 valence electrons. The molecule has 9 heteroatoms. The predicted molar refractivity (Wildman–Crippen MR) is 105 cm³/mol. The second-order valence-electron chi connectivity index (χ2n) is 5.54. The molecule has 0 aliphatic rings. The average molecular weight is 452 g/mol. The highest BCUT2D eigenvalue weighted by molar-refractivity contribution is 9.10. The van der Waals surface area contributed by atoms with Gasteiger partial charge in [-0.05, 0) is 39.7 Å². The van der Waals surface area contributed by atoms with E-state index in [1.807, 2.05) is 30.3 Å². The van der Waals surface area contributed by atoms with Gasteiger partial charge in [-0.3, -0.25) is 0 Å². The minimum Gasteiger partial charge on any atom is -0.493 e. The Morgan fingerprint density at radius 2 is 1.81 bits per heavy atom. The fourth-order valence-electron chi connectivity index (χ4n) is 2.59. The predicted octanol–water partition coefficient (Wildman–Crippen LogP) is 3.13. The highest BCUT2D eigenvalue weighted by atomic mass is 79.9. The third kappa shape index (κ3) is 4.15. The van der Waals surface area contributed by atoms with Crippen LogP contribution in [0.2, 0.25) is 0 Å². The standard InChI is InChI=1S/C18H18BrN3O4S/c1-25-16-10-14(19)18(11-17(16)26-2)27(23,24)21-12-13-6-3-4-7-15(13)22-9-5-8-20-22/h3-11,21H,12H2,1-2H3. The van der Waals surface area contributed by atoms with Gasteiger partial charge in [0.2, 0.25) is 10.0 Å². The largest absolute Gasteiger partial charge is 0.493 e. The van der Waals surface area contributed by atoms with Gasteiger partial charge in [0.25, 0.3) is 0 Å². The summed E-state index contributed by atoms with van der Waals surface area (Å²) in [7, 11) is -0.851. The highest BCUT2D eigenvalue weighted by Gasteiger charge is 2.21. The minimum absolute atomic E-state index is 0.0664. The summed E-state index contributed by atoms with van der Waals surface area (Å²) >= 11 is 3.29. The van der Waals surface area contributed by atoms with Crippen LogP contribution in [-0.4, -0.2) is 32.4 Å². The zero-order valence-electron chi connectivity index (χ0n) is 14.7. The molecule has 7 nitrogen and oxygen atoms in total. The van der Waals surface area contributed by atoms with E-state index in [1.165, 1.54) is 20.3 Å². The van der Waals surface area contributed by atoms with E-state index < -0.39 is 10.0 Å². The molecule has 0 radical (unpaired) electrons. The molecule has 0 aliphatic heterocycles. The van der Waals surface area contributed by atoms with E-state index in [2.05, 4.69) is 25.8 Å². The van der Waals surface area contributed by atoms with E-state index >= 15 is 0 Å². The van der Waals surface area contributed by atoms with E-state index in [9.17, 15) is 8.42 Å². The first-order valence-corrected chi connectivity index (χ1v) is 10.2. The first-order valence-electron chi connectivity index (χ1n) is 7.95. The first-order chi connectivity index (χ1) is 13.0. The number of nitrogens with zero attached hydrogens (tertiary/aromatic N) is 2.